The van der Waals surface area contributed by atoms with Crippen LogP contribution in [0.5, 0.6) is 0 Å². The van der Waals surface area contributed by atoms with E-state index in [4.69, 9.17) is 21.0 Å². The van der Waals surface area contributed by atoms with Gasteiger partial charge < -0.3 is 9.73 Å². The molecule has 35 heavy (non-hydrogen) atoms. The number of Topliss-reactive ketones (excluding diaryl/α,β-unsaturated/α-hetero) is 1. The number of anilines is 2. The molecule has 5 rings (SSSR count). The summed E-state index contributed by atoms with van der Waals surface area (Å²) in [5, 5.41) is 9.72. The van der Waals surface area contributed by atoms with Gasteiger partial charge in [0.05, 0.1) is 16.6 Å². The zero-order valence-electron chi connectivity index (χ0n) is 18.6. The largest absolute Gasteiger partial charge is 0.423 e. The third-order valence-electron chi connectivity index (χ3n) is 5.28. The van der Waals surface area contributed by atoms with Crippen molar-refractivity contribution in [3.63, 3.8) is 0 Å². The van der Waals surface area contributed by atoms with Gasteiger partial charge in [0.2, 0.25) is 5.96 Å². The zero-order valence-corrected chi connectivity index (χ0v) is 20.2. The molecule has 3 heterocycles. The van der Waals surface area contributed by atoms with Crippen molar-refractivity contribution in [3.8, 4) is 0 Å². The zero-order chi connectivity index (χ0) is 24.5. The third kappa shape index (κ3) is 4.66. The molecule has 3 N–H and O–H groups in total. The number of benzene rings is 2. The fourth-order valence-corrected chi connectivity index (χ4v) is 4.59. The number of guanidine groups is 1. The normalized spacial score (nSPS) is 15.5. The van der Waals surface area contributed by atoms with Crippen LogP contribution in [0.2, 0.25) is 5.02 Å². The second kappa shape index (κ2) is 9.32. The molecule has 0 saturated carbocycles. The molecule has 9 nitrogen and oxygen atoms in total. The first-order chi connectivity index (χ1) is 16.9. The Kier molecular flexibility index (Phi) is 6.06. The molecule has 2 aromatic carbocycles. The summed E-state index contributed by atoms with van der Waals surface area (Å²) < 4.78 is 5.75. The number of amides is 1. The van der Waals surface area contributed by atoms with Gasteiger partial charge in [-0.25, -0.2) is 9.98 Å². The Bertz CT molecular complexity index is 1490. The highest BCUT2D eigenvalue weighted by Crippen LogP contribution is 2.35. The van der Waals surface area contributed by atoms with Crippen LogP contribution in [0, 0.1) is 0 Å². The highest BCUT2D eigenvalue weighted by Gasteiger charge is 2.31. The number of thiazole rings is 1. The standard InChI is InChI=1S/C24H19ClN6O3S/c1-12-19(21(33)30-24-26-11-18(35-24)13(2)32)20(14-7-3-4-8-15(14)25)29-22(27-12)31-23-28-16-9-5-6-10-17(16)34-23/h3-11,20H,1-2H3,(H,26,30,33)(H2,27,28,29,31). The van der Waals surface area contributed by atoms with Crippen molar-refractivity contribution in [2.24, 2.45) is 4.99 Å². The van der Waals surface area contributed by atoms with Crippen molar-refractivity contribution in [3.05, 3.63) is 81.5 Å². The predicted molar refractivity (Wildman–Crippen MR) is 136 cm³/mol. The van der Waals surface area contributed by atoms with E-state index in [2.05, 4.69) is 25.9 Å². The molecular weight excluding hydrogens is 488 g/mol. The maximum atomic E-state index is 13.3. The molecule has 1 atom stereocenters. The topological polar surface area (TPSA) is 122 Å². The van der Waals surface area contributed by atoms with Gasteiger partial charge in [0.25, 0.3) is 5.91 Å². The minimum absolute atomic E-state index is 0.119. The van der Waals surface area contributed by atoms with Crippen LogP contribution >= 0.6 is 22.9 Å². The number of ketones is 1. The lowest BCUT2D eigenvalue weighted by molar-refractivity contribution is -0.113. The average Bonchev–Trinajstić information content (AvgIpc) is 3.45. The number of aliphatic imine (C=N–C) groups is 1. The van der Waals surface area contributed by atoms with Gasteiger partial charge in [-0.2, -0.15) is 4.98 Å². The number of nitrogens with one attached hydrogen (secondary N) is 3. The van der Waals surface area contributed by atoms with Crippen molar-refractivity contribution < 1.29 is 14.0 Å². The first-order valence-corrected chi connectivity index (χ1v) is 11.8. The van der Waals surface area contributed by atoms with E-state index in [1.807, 2.05) is 42.5 Å². The number of halogens is 1. The molecule has 1 amide bonds. The minimum atomic E-state index is -0.718. The number of hydrogen-bond donors (Lipinski definition) is 3. The van der Waals surface area contributed by atoms with E-state index >= 15 is 0 Å². The highest BCUT2D eigenvalue weighted by atomic mass is 35.5. The Hall–Kier alpha value is -4.02. The third-order valence-corrected chi connectivity index (χ3v) is 6.64. The maximum Gasteiger partial charge on any atom is 0.302 e. The summed E-state index contributed by atoms with van der Waals surface area (Å²) in [6.07, 6.45) is 1.44. The van der Waals surface area contributed by atoms with Crippen LogP contribution in [0.1, 0.15) is 35.1 Å². The van der Waals surface area contributed by atoms with Crippen LogP contribution in [0.4, 0.5) is 11.1 Å². The van der Waals surface area contributed by atoms with Gasteiger partial charge in [0.15, 0.2) is 16.5 Å². The number of carbonyl (C=O) groups excluding carboxylic acids is 2. The number of allylic oxidation sites excluding steroid dienone is 1. The van der Waals surface area contributed by atoms with Gasteiger partial charge in [-0.15, -0.1) is 0 Å². The number of oxazole rings is 1. The van der Waals surface area contributed by atoms with Crippen molar-refractivity contribution >= 4 is 62.8 Å². The van der Waals surface area contributed by atoms with Crippen LogP contribution < -0.4 is 16.0 Å². The van der Waals surface area contributed by atoms with Gasteiger partial charge in [0, 0.05) is 23.2 Å². The summed E-state index contributed by atoms with van der Waals surface area (Å²) in [6.45, 7) is 3.22. The molecule has 0 radical (unpaired) electrons. The summed E-state index contributed by atoms with van der Waals surface area (Å²) in [4.78, 5) is 38.7. The van der Waals surface area contributed by atoms with Gasteiger partial charge in [0.1, 0.15) is 11.6 Å². The smallest absolute Gasteiger partial charge is 0.302 e. The number of carbonyl (C=O) groups is 2. The van der Waals surface area contributed by atoms with Crippen LogP contribution in [0.3, 0.4) is 0 Å². The van der Waals surface area contributed by atoms with Crippen molar-refractivity contribution in [1.29, 1.82) is 0 Å². The second-order valence-electron chi connectivity index (χ2n) is 7.72. The molecule has 1 aliphatic rings. The molecule has 2 aromatic heterocycles. The van der Waals surface area contributed by atoms with Crippen LogP contribution in [0.25, 0.3) is 11.1 Å². The van der Waals surface area contributed by atoms with E-state index in [-0.39, 0.29) is 11.8 Å². The van der Waals surface area contributed by atoms with Crippen molar-refractivity contribution in [2.45, 2.75) is 19.9 Å². The highest BCUT2D eigenvalue weighted by molar-refractivity contribution is 7.17. The quantitative estimate of drug-likeness (QED) is 0.319. The molecule has 1 aliphatic heterocycles. The first-order valence-electron chi connectivity index (χ1n) is 10.6. The fourth-order valence-electron chi connectivity index (χ4n) is 3.64. The summed E-state index contributed by atoms with van der Waals surface area (Å²) >= 11 is 7.60. The molecule has 0 fully saturated rings. The first kappa shape index (κ1) is 22.8. The van der Waals surface area contributed by atoms with E-state index in [0.29, 0.717) is 48.9 Å². The Morgan fingerprint density at radius 2 is 1.91 bits per heavy atom. The van der Waals surface area contributed by atoms with E-state index in [1.165, 1.54) is 13.1 Å². The van der Waals surface area contributed by atoms with Gasteiger partial charge in [-0.3, -0.25) is 20.2 Å². The molecule has 1 unspecified atom stereocenters. The summed E-state index contributed by atoms with van der Waals surface area (Å²) in [6, 6.07) is 14.1. The number of rotatable bonds is 5. The molecule has 0 bridgehead atoms. The van der Waals surface area contributed by atoms with Crippen LogP contribution in [0.15, 0.2) is 75.4 Å². The van der Waals surface area contributed by atoms with Crippen LogP contribution in [-0.2, 0) is 4.79 Å². The number of hydrogen-bond acceptors (Lipinski definition) is 9. The lowest BCUT2D eigenvalue weighted by Crippen LogP contribution is -2.37. The summed E-state index contributed by atoms with van der Waals surface area (Å²) in [5.41, 5.74) is 2.91. The Balaban J connectivity index is 1.48. The molecular formula is C24H19ClN6O3S. The predicted octanol–water partition coefficient (Wildman–Crippen LogP) is 5.17. The fraction of sp³-hybridized carbons (Fsp3) is 0.125. The molecule has 4 aromatic rings. The van der Waals surface area contributed by atoms with E-state index in [9.17, 15) is 9.59 Å². The van der Waals surface area contributed by atoms with E-state index in [0.717, 1.165) is 11.3 Å². The number of aromatic nitrogens is 2. The molecule has 0 saturated heterocycles. The van der Waals surface area contributed by atoms with Crippen molar-refractivity contribution in [1.82, 2.24) is 15.3 Å². The van der Waals surface area contributed by atoms with Gasteiger partial charge in [-0.1, -0.05) is 53.3 Å². The van der Waals surface area contributed by atoms with Gasteiger partial charge in [-0.05, 0) is 25.1 Å². The summed E-state index contributed by atoms with van der Waals surface area (Å²) in [7, 11) is 0. The van der Waals surface area contributed by atoms with Crippen LogP contribution in [-0.4, -0.2) is 27.6 Å². The van der Waals surface area contributed by atoms with Gasteiger partial charge >= 0.3 is 6.01 Å². The molecule has 176 valence electrons. The minimum Gasteiger partial charge on any atom is -0.423 e. The lowest BCUT2D eigenvalue weighted by Gasteiger charge is -2.26. The number of fused-ring (bicyclic) bond motifs is 1. The number of nitrogens with zero attached hydrogens (tertiary/aromatic N) is 3. The SMILES string of the molecule is CC(=O)c1cnc(NC(=O)C2=C(C)NC(Nc3nc4ccccc4o3)=NC2c2ccccc2Cl)s1. The Morgan fingerprint density at radius 1 is 1.14 bits per heavy atom. The summed E-state index contributed by atoms with van der Waals surface area (Å²) in [5.74, 6) is -0.177. The molecule has 11 heteroatoms. The van der Waals surface area contributed by atoms with E-state index in [1.54, 1.807) is 13.0 Å². The number of para-hydroxylation sites is 2. The Morgan fingerprint density at radius 3 is 2.66 bits per heavy atom. The molecule has 0 aliphatic carbocycles. The second-order valence-corrected chi connectivity index (χ2v) is 9.15. The monoisotopic (exact) mass is 506 g/mol. The van der Waals surface area contributed by atoms with Crippen molar-refractivity contribution in [2.75, 3.05) is 10.6 Å². The lowest BCUT2D eigenvalue weighted by atomic mass is 9.95. The maximum absolute atomic E-state index is 13.3. The average molecular weight is 507 g/mol. The Labute approximate surface area is 208 Å². The molecule has 0 spiro atoms. The van der Waals surface area contributed by atoms with E-state index < -0.39 is 11.9 Å².